The van der Waals surface area contributed by atoms with Crippen LogP contribution in [0.25, 0.3) is 111 Å². The topological polar surface area (TPSA) is 77.8 Å². The molecule has 4 heterocycles. The first-order valence-electron chi connectivity index (χ1n) is 18.5. The molecule has 0 spiro atoms. The summed E-state index contributed by atoms with van der Waals surface area (Å²) in [6, 6.07) is 57.9. The molecule has 0 N–H and O–H groups in total. The maximum atomic E-state index is 6.67. The molecule has 0 atom stereocenters. The van der Waals surface area contributed by atoms with Crippen molar-refractivity contribution in [2.24, 2.45) is 0 Å². The highest BCUT2D eigenvalue weighted by molar-refractivity contribution is 6.17. The van der Waals surface area contributed by atoms with Crippen molar-refractivity contribution < 1.29 is 8.83 Å². The third-order valence-electron chi connectivity index (χ3n) is 10.5. The van der Waals surface area contributed by atoms with E-state index in [1.165, 1.54) is 0 Å². The highest BCUT2D eigenvalue weighted by Gasteiger charge is 2.19. The van der Waals surface area contributed by atoms with Crippen molar-refractivity contribution in [2.75, 3.05) is 0 Å². The summed E-state index contributed by atoms with van der Waals surface area (Å²) in [5, 5.41) is 4.36. The van der Waals surface area contributed by atoms with Crippen LogP contribution in [0.15, 0.2) is 191 Å². The standard InChI is InChI=1S/C50H30N4O2/c1-2-9-33(10-3-1)48-52-49(34-20-16-31(17-21-34)37-11-8-28-51-30-37)54-50(53-48)35-22-18-32(19-23-35)39-26-25-38(46-41-13-5-7-15-44(41)56-47(39)46)36-24-27-45-42(29-36)40-12-4-6-14-43(40)55-45/h1-30H. The summed E-state index contributed by atoms with van der Waals surface area (Å²) in [4.78, 5) is 19.2. The van der Waals surface area contributed by atoms with Crippen LogP contribution in [0.1, 0.15) is 0 Å². The molecule has 0 radical (unpaired) electrons. The van der Waals surface area contributed by atoms with Gasteiger partial charge in [-0.15, -0.1) is 0 Å². The second-order valence-corrected chi connectivity index (χ2v) is 13.8. The molecular formula is C50H30N4O2. The van der Waals surface area contributed by atoms with Gasteiger partial charge in [0.1, 0.15) is 22.3 Å². The van der Waals surface area contributed by atoms with Gasteiger partial charge in [0.15, 0.2) is 17.5 Å². The Labute approximate surface area is 321 Å². The van der Waals surface area contributed by atoms with E-state index in [0.29, 0.717) is 17.5 Å². The minimum Gasteiger partial charge on any atom is -0.456 e. The summed E-state index contributed by atoms with van der Waals surface area (Å²) >= 11 is 0. The van der Waals surface area contributed by atoms with Gasteiger partial charge in [-0.1, -0.05) is 133 Å². The molecule has 0 unspecified atom stereocenters. The number of aromatic nitrogens is 4. The zero-order chi connectivity index (χ0) is 37.0. The van der Waals surface area contributed by atoms with Crippen LogP contribution in [0, 0.1) is 0 Å². The van der Waals surface area contributed by atoms with Gasteiger partial charge in [0.05, 0.1) is 0 Å². The van der Waals surface area contributed by atoms with Gasteiger partial charge in [-0.3, -0.25) is 4.98 Å². The number of fused-ring (bicyclic) bond motifs is 6. The summed E-state index contributed by atoms with van der Waals surface area (Å²) in [6.07, 6.45) is 3.65. The van der Waals surface area contributed by atoms with Crippen LogP contribution in [0.2, 0.25) is 0 Å². The third-order valence-corrected chi connectivity index (χ3v) is 10.5. The summed E-state index contributed by atoms with van der Waals surface area (Å²) < 4.78 is 12.8. The SMILES string of the molecule is c1ccc(-c2nc(-c3ccc(-c4cccnc4)cc3)nc(-c3ccc(-c4ccc(-c5ccc6oc7ccccc7c6c5)c5c4oc4ccccc45)cc3)n2)cc1. The van der Waals surface area contributed by atoms with Crippen LogP contribution in [0.5, 0.6) is 0 Å². The lowest BCUT2D eigenvalue weighted by atomic mass is 9.93. The average molecular weight is 719 g/mol. The molecule has 0 amide bonds. The van der Waals surface area contributed by atoms with Gasteiger partial charge < -0.3 is 8.83 Å². The number of pyridine rings is 1. The molecule has 4 aromatic heterocycles. The number of hydrogen-bond acceptors (Lipinski definition) is 6. The molecule has 6 nitrogen and oxygen atoms in total. The van der Waals surface area contributed by atoms with E-state index in [9.17, 15) is 0 Å². The zero-order valence-electron chi connectivity index (χ0n) is 29.9. The lowest BCUT2D eigenvalue weighted by Crippen LogP contribution is -2.00. The van der Waals surface area contributed by atoms with E-state index in [-0.39, 0.29) is 0 Å². The molecule has 262 valence electrons. The maximum absolute atomic E-state index is 6.67. The molecule has 7 aromatic carbocycles. The zero-order valence-corrected chi connectivity index (χ0v) is 29.9. The van der Waals surface area contributed by atoms with Gasteiger partial charge in [0, 0.05) is 56.2 Å². The average Bonchev–Trinajstić information content (AvgIpc) is 3.85. The highest BCUT2D eigenvalue weighted by atomic mass is 16.3. The molecule has 0 bridgehead atoms. The Balaban J connectivity index is 1.00. The summed E-state index contributed by atoms with van der Waals surface area (Å²) in [5.74, 6) is 1.83. The summed E-state index contributed by atoms with van der Waals surface area (Å²) in [7, 11) is 0. The largest absolute Gasteiger partial charge is 0.456 e. The minimum atomic E-state index is 0.600. The first kappa shape index (κ1) is 31.8. The van der Waals surface area contributed by atoms with Crippen LogP contribution >= 0.6 is 0 Å². The van der Waals surface area contributed by atoms with Crippen LogP contribution < -0.4 is 0 Å². The first-order chi connectivity index (χ1) is 27.7. The lowest BCUT2D eigenvalue weighted by molar-refractivity contribution is 0.669. The van der Waals surface area contributed by atoms with Gasteiger partial charge in [-0.25, -0.2) is 15.0 Å². The number of para-hydroxylation sites is 2. The molecule has 0 aliphatic carbocycles. The van der Waals surface area contributed by atoms with E-state index in [1.807, 2.05) is 66.9 Å². The number of rotatable bonds is 6. The predicted molar refractivity (Wildman–Crippen MR) is 225 cm³/mol. The summed E-state index contributed by atoms with van der Waals surface area (Å²) in [6.45, 7) is 0. The maximum Gasteiger partial charge on any atom is 0.164 e. The van der Waals surface area contributed by atoms with Crippen molar-refractivity contribution in [3.8, 4) is 67.5 Å². The van der Waals surface area contributed by atoms with Crippen molar-refractivity contribution in [1.29, 1.82) is 0 Å². The second-order valence-electron chi connectivity index (χ2n) is 13.8. The molecule has 6 heteroatoms. The predicted octanol–water partition coefficient (Wildman–Crippen LogP) is 13.1. The van der Waals surface area contributed by atoms with Gasteiger partial charge in [-0.2, -0.15) is 0 Å². The van der Waals surface area contributed by atoms with E-state index in [1.54, 1.807) is 6.20 Å². The van der Waals surface area contributed by atoms with Crippen LogP contribution in [0.3, 0.4) is 0 Å². The number of nitrogens with zero attached hydrogens (tertiary/aromatic N) is 4. The summed E-state index contributed by atoms with van der Waals surface area (Å²) in [5.41, 5.74) is 12.6. The number of furan rings is 2. The van der Waals surface area contributed by atoms with Crippen molar-refractivity contribution in [3.05, 3.63) is 182 Å². The second kappa shape index (κ2) is 13.0. The molecule has 56 heavy (non-hydrogen) atoms. The van der Waals surface area contributed by atoms with Crippen LogP contribution in [0.4, 0.5) is 0 Å². The quantitative estimate of drug-likeness (QED) is 0.170. The van der Waals surface area contributed by atoms with E-state index in [4.69, 9.17) is 23.8 Å². The Kier molecular flexibility index (Phi) is 7.38. The van der Waals surface area contributed by atoms with Crippen molar-refractivity contribution >= 4 is 43.9 Å². The highest BCUT2D eigenvalue weighted by Crippen LogP contribution is 2.43. The van der Waals surface area contributed by atoms with Crippen LogP contribution in [-0.4, -0.2) is 19.9 Å². The normalized spacial score (nSPS) is 11.6. The van der Waals surface area contributed by atoms with E-state index < -0.39 is 0 Å². The Hall–Kier alpha value is -7.70. The molecule has 11 aromatic rings. The van der Waals surface area contributed by atoms with Crippen molar-refractivity contribution in [1.82, 2.24) is 19.9 Å². The molecule has 0 saturated carbocycles. The third kappa shape index (κ3) is 5.43. The van der Waals surface area contributed by atoms with E-state index in [2.05, 4.69) is 114 Å². The molecule has 0 aliphatic heterocycles. The smallest absolute Gasteiger partial charge is 0.164 e. The molecular weight excluding hydrogens is 689 g/mol. The lowest BCUT2D eigenvalue weighted by Gasteiger charge is -2.11. The fourth-order valence-corrected chi connectivity index (χ4v) is 7.68. The first-order valence-corrected chi connectivity index (χ1v) is 18.5. The fraction of sp³-hybridized carbons (Fsp3) is 0. The van der Waals surface area contributed by atoms with Gasteiger partial charge in [-0.05, 0) is 64.2 Å². The Bertz CT molecular complexity index is 3220. The van der Waals surface area contributed by atoms with Crippen molar-refractivity contribution in [2.45, 2.75) is 0 Å². The van der Waals surface area contributed by atoms with E-state index >= 15 is 0 Å². The van der Waals surface area contributed by atoms with E-state index in [0.717, 1.165) is 93.9 Å². The van der Waals surface area contributed by atoms with Crippen LogP contribution in [-0.2, 0) is 0 Å². The Morgan fingerprint density at radius 1 is 0.339 bits per heavy atom. The monoisotopic (exact) mass is 718 g/mol. The van der Waals surface area contributed by atoms with Gasteiger partial charge >= 0.3 is 0 Å². The molecule has 0 saturated heterocycles. The van der Waals surface area contributed by atoms with Gasteiger partial charge in [0.2, 0.25) is 0 Å². The van der Waals surface area contributed by atoms with Gasteiger partial charge in [0.25, 0.3) is 0 Å². The minimum absolute atomic E-state index is 0.600. The molecule has 0 aliphatic rings. The Morgan fingerprint density at radius 3 is 1.57 bits per heavy atom. The van der Waals surface area contributed by atoms with Crippen molar-refractivity contribution in [3.63, 3.8) is 0 Å². The molecule has 11 rings (SSSR count). The number of benzene rings is 7. The Morgan fingerprint density at radius 2 is 0.875 bits per heavy atom. The number of hydrogen-bond donors (Lipinski definition) is 0. The molecule has 0 fully saturated rings. The fourth-order valence-electron chi connectivity index (χ4n) is 7.68.